The fourth-order valence-corrected chi connectivity index (χ4v) is 6.58. The predicted octanol–water partition coefficient (Wildman–Crippen LogP) is 5.85. The van der Waals surface area contributed by atoms with Crippen molar-refractivity contribution in [3.8, 4) is 0 Å². The molecular weight excluding hydrogens is 845 g/mol. The standard InChI is InChI=1S/C50H64N6O10/c51-41(45(57)55-43(47(59)63-33-37-19-5-1-6-20-37)29-15-17-31-53-49(61)65-35-39-23-9-3-10-24-39)27-13-14-28-42(52)46(58)56-44(48(60)64-34-38-21-7-2-8-22-38)30-16-18-32-54-50(62)66-36-40-25-11-4-12-26-40/h1-12,19-26,41-44H,13-18,27-36,51-52H2,(H,53,61)(H,54,62)(H,55,57)(H,56,58)/t41-,42-,43-,44-/m0/s1. The second kappa shape index (κ2) is 30.4. The maximum absolute atomic E-state index is 13.2. The molecule has 4 amide bonds. The smallest absolute Gasteiger partial charge is 0.407 e. The topological polar surface area (TPSA) is 239 Å². The van der Waals surface area contributed by atoms with Crippen molar-refractivity contribution in [2.75, 3.05) is 13.1 Å². The molecule has 0 radical (unpaired) electrons. The van der Waals surface area contributed by atoms with E-state index >= 15 is 0 Å². The van der Waals surface area contributed by atoms with E-state index < -0.39 is 60.1 Å². The van der Waals surface area contributed by atoms with Crippen molar-refractivity contribution in [3.05, 3.63) is 144 Å². The molecule has 4 rings (SSSR count). The highest BCUT2D eigenvalue weighted by atomic mass is 16.6. The number of rotatable bonds is 29. The Kier molecular flexibility index (Phi) is 23.9. The van der Waals surface area contributed by atoms with Crippen molar-refractivity contribution in [2.45, 2.75) is 115 Å². The van der Waals surface area contributed by atoms with Crippen LogP contribution in [-0.2, 0) is 64.6 Å². The molecule has 8 N–H and O–H groups in total. The molecule has 0 aliphatic carbocycles. The summed E-state index contributed by atoms with van der Waals surface area (Å²) < 4.78 is 21.6. The van der Waals surface area contributed by atoms with Crippen molar-refractivity contribution in [1.29, 1.82) is 0 Å². The van der Waals surface area contributed by atoms with Crippen LogP contribution < -0.4 is 32.7 Å². The minimum atomic E-state index is -0.973. The number of carbonyl (C=O) groups excluding carboxylic acids is 6. The quantitative estimate of drug-likeness (QED) is 0.0214. The number of ether oxygens (including phenoxy) is 4. The third kappa shape index (κ3) is 21.3. The van der Waals surface area contributed by atoms with E-state index in [0.29, 0.717) is 51.6 Å². The van der Waals surface area contributed by atoms with Crippen molar-refractivity contribution in [1.82, 2.24) is 21.3 Å². The highest BCUT2D eigenvalue weighted by Crippen LogP contribution is 2.12. The second-order valence-corrected chi connectivity index (χ2v) is 15.8. The van der Waals surface area contributed by atoms with Gasteiger partial charge in [0, 0.05) is 13.1 Å². The molecule has 0 unspecified atom stereocenters. The summed E-state index contributed by atoms with van der Waals surface area (Å²) in [5.74, 6) is -2.27. The zero-order valence-electron chi connectivity index (χ0n) is 37.4. The number of nitrogens with one attached hydrogen (secondary N) is 4. The molecular formula is C50H64N6O10. The van der Waals surface area contributed by atoms with Crippen LogP contribution in [-0.4, -0.2) is 73.2 Å². The number of carbonyl (C=O) groups is 6. The molecule has 16 nitrogen and oxygen atoms in total. The summed E-state index contributed by atoms with van der Waals surface area (Å²) in [4.78, 5) is 77.1. The Morgan fingerprint density at radius 2 is 0.682 bits per heavy atom. The molecule has 4 atom stereocenters. The van der Waals surface area contributed by atoms with Gasteiger partial charge in [-0.25, -0.2) is 19.2 Å². The van der Waals surface area contributed by atoms with Gasteiger partial charge in [0.25, 0.3) is 0 Å². The maximum atomic E-state index is 13.2. The summed E-state index contributed by atoms with van der Waals surface area (Å²) in [6.07, 6.45) is 2.78. The lowest BCUT2D eigenvalue weighted by molar-refractivity contribution is -0.150. The summed E-state index contributed by atoms with van der Waals surface area (Å²) in [6.45, 7) is 0.954. The lowest BCUT2D eigenvalue weighted by Gasteiger charge is -2.21. The average Bonchev–Trinajstić information content (AvgIpc) is 3.34. The number of unbranched alkanes of at least 4 members (excludes halogenated alkanes) is 3. The first-order chi connectivity index (χ1) is 32.1. The monoisotopic (exact) mass is 908 g/mol. The molecule has 0 saturated heterocycles. The van der Waals surface area contributed by atoms with Gasteiger partial charge in [-0.05, 0) is 73.6 Å². The van der Waals surface area contributed by atoms with E-state index in [4.69, 9.17) is 30.4 Å². The summed E-state index contributed by atoms with van der Waals surface area (Å²) >= 11 is 0. The van der Waals surface area contributed by atoms with Crippen LogP contribution in [0.2, 0.25) is 0 Å². The predicted molar refractivity (Wildman–Crippen MR) is 248 cm³/mol. The third-order valence-corrected chi connectivity index (χ3v) is 10.4. The third-order valence-electron chi connectivity index (χ3n) is 10.4. The van der Waals surface area contributed by atoms with Gasteiger partial charge < -0.3 is 51.7 Å². The largest absolute Gasteiger partial charge is 0.459 e. The number of alkyl carbamates (subject to hydrolysis) is 2. The number of amides is 4. The van der Waals surface area contributed by atoms with Crippen molar-refractivity contribution >= 4 is 35.9 Å². The highest BCUT2D eigenvalue weighted by Gasteiger charge is 2.27. The van der Waals surface area contributed by atoms with E-state index in [1.807, 2.05) is 121 Å². The molecule has 16 heteroatoms. The van der Waals surface area contributed by atoms with Crippen LogP contribution in [0.1, 0.15) is 86.5 Å². The molecule has 4 aromatic rings. The number of nitrogens with two attached hydrogens (primary N) is 2. The van der Waals surface area contributed by atoms with Crippen LogP contribution in [0.3, 0.4) is 0 Å². The summed E-state index contributed by atoms with van der Waals surface area (Å²) in [5.41, 5.74) is 15.8. The van der Waals surface area contributed by atoms with Crippen LogP contribution in [0.4, 0.5) is 9.59 Å². The molecule has 0 aromatic heterocycles. The van der Waals surface area contributed by atoms with E-state index in [-0.39, 0.29) is 52.1 Å². The van der Waals surface area contributed by atoms with Crippen LogP contribution in [0.15, 0.2) is 121 Å². The molecule has 66 heavy (non-hydrogen) atoms. The SMILES string of the molecule is N[C@@H](CCCC[C@H](N)C(=O)N[C@@H](CCCCNC(=O)OCc1ccccc1)C(=O)OCc1ccccc1)C(=O)N[C@@H](CCCCNC(=O)OCc1ccccc1)C(=O)OCc1ccccc1. The van der Waals surface area contributed by atoms with Gasteiger partial charge >= 0.3 is 24.1 Å². The minimum absolute atomic E-state index is 0.0295. The molecule has 4 aromatic carbocycles. The van der Waals surface area contributed by atoms with Crippen LogP contribution >= 0.6 is 0 Å². The van der Waals surface area contributed by atoms with Gasteiger partial charge in [-0.15, -0.1) is 0 Å². The normalized spacial score (nSPS) is 12.6. The fraction of sp³-hybridized carbons (Fsp3) is 0.400. The fourth-order valence-electron chi connectivity index (χ4n) is 6.58. The Morgan fingerprint density at radius 3 is 1.00 bits per heavy atom. The number of hydrogen-bond donors (Lipinski definition) is 6. The first kappa shape index (κ1) is 51.9. The van der Waals surface area contributed by atoms with Gasteiger partial charge in [0.2, 0.25) is 11.8 Å². The van der Waals surface area contributed by atoms with Gasteiger partial charge in [0.15, 0.2) is 0 Å². The summed E-state index contributed by atoms with van der Waals surface area (Å²) in [7, 11) is 0. The molecule has 0 saturated carbocycles. The second-order valence-electron chi connectivity index (χ2n) is 15.8. The van der Waals surface area contributed by atoms with Crippen LogP contribution in [0.5, 0.6) is 0 Å². The molecule has 0 spiro atoms. The Morgan fingerprint density at radius 1 is 0.394 bits per heavy atom. The molecule has 0 bridgehead atoms. The van der Waals surface area contributed by atoms with Crippen LogP contribution in [0, 0.1) is 0 Å². The number of esters is 2. The van der Waals surface area contributed by atoms with Gasteiger partial charge in [-0.1, -0.05) is 134 Å². The highest BCUT2D eigenvalue weighted by molar-refractivity contribution is 5.88. The Bertz CT molecular complexity index is 1900. The van der Waals surface area contributed by atoms with E-state index in [2.05, 4.69) is 21.3 Å². The Hall–Kier alpha value is -6.78. The van der Waals surface area contributed by atoms with E-state index in [1.165, 1.54) is 0 Å². The van der Waals surface area contributed by atoms with Crippen molar-refractivity contribution in [3.63, 3.8) is 0 Å². The summed E-state index contributed by atoms with van der Waals surface area (Å²) in [6, 6.07) is 33.1. The average molecular weight is 909 g/mol. The first-order valence-corrected chi connectivity index (χ1v) is 22.5. The lowest BCUT2D eigenvalue weighted by Crippen LogP contribution is -2.49. The van der Waals surface area contributed by atoms with Gasteiger partial charge in [0.1, 0.15) is 38.5 Å². The minimum Gasteiger partial charge on any atom is -0.459 e. The van der Waals surface area contributed by atoms with Gasteiger partial charge in [0.05, 0.1) is 12.1 Å². The number of benzene rings is 4. The van der Waals surface area contributed by atoms with Crippen molar-refractivity contribution in [2.24, 2.45) is 11.5 Å². The Labute approximate surface area is 386 Å². The van der Waals surface area contributed by atoms with E-state index in [1.54, 1.807) is 0 Å². The maximum Gasteiger partial charge on any atom is 0.407 e. The van der Waals surface area contributed by atoms with Crippen LogP contribution in [0.25, 0.3) is 0 Å². The molecule has 0 aliphatic heterocycles. The molecule has 0 fully saturated rings. The molecule has 0 aliphatic rings. The molecule has 0 heterocycles. The number of hydrogen-bond acceptors (Lipinski definition) is 12. The first-order valence-electron chi connectivity index (χ1n) is 22.5. The Balaban J connectivity index is 1.19. The van der Waals surface area contributed by atoms with Gasteiger partial charge in [-0.3, -0.25) is 9.59 Å². The van der Waals surface area contributed by atoms with Crippen molar-refractivity contribution < 1.29 is 47.7 Å². The van der Waals surface area contributed by atoms with Gasteiger partial charge in [-0.2, -0.15) is 0 Å². The molecule has 354 valence electrons. The zero-order chi connectivity index (χ0) is 47.2. The van der Waals surface area contributed by atoms with E-state index in [0.717, 1.165) is 22.3 Å². The zero-order valence-corrected chi connectivity index (χ0v) is 37.4. The summed E-state index contributed by atoms with van der Waals surface area (Å²) in [5, 5.41) is 10.9. The van der Waals surface area contributed by atoms with E-state index in [9.17, 15) is 28.8 Å². The lowest BCUT2D eigenvalue weighted by atomic mass is 10.0.